The van der Waals surface area contributed by atoms with Crippen LogP contribution in [0.4, 0.5) is 5.69 Å². The summed E-state index contributed by atoms with van der Waals surface area (Å²) in [4.78, 5) is 11.8. The summed E-state index contributed by atoms with van der Waals surface area (Å²) in [5.41, 5.74) is 0.609. The Morgan fingerprint density at radius 3 is 2.56 bits per heavy atom. The van der Waals surface area contributed by atoms with Gasteiger partial charge in [0.15, 0.2) is 0 Å². The van der Waals surface area contributed by atoms with Crippen LogP contribution in [-0.4, -0.2) is 23.7 Å². The van der Waals surface area contributed by atoms with Crippen molar-refractivity contribution in [1.29, 1.82) is 0 Å². The Morgan fingerprint density at radius 2 is 2.06 bits per heavy atom. The van der Waals surface area contributed by atoms with Crippen molar-refractivity contribution in [2.24, 2.45) is 0 Å². The summed E-state index contributed by atoms with van der Waals surface area (Å²) in [5, 5.41) is 12.0. The predicted octanol–water partition coefficient (Wildman–Crippen LogP) is 2.06. The van der Waals surface area contributed by atoms with Crippen molar-refractivity contribution in [1.82, 2.24) is 0 Å². The highest BCUT2D eigenvalue weighted by Crippen LogP contribution is 2.21. The SMILES string of the molecule is COC(C)(C)C(=O)Nc1ccc(O)cc1C. The van der Waals surface area contributed by atoms with Crippen LogP contribution in [0.25, 0.3) is 0 Å². The second-order valence-corrected chi connectivity index (χ2v) is 4.17. The number of hydrogen-bond donors (Lipinski definition) is 2. The number of rotatable bonds is 3. The Kier molecular flexibility index (Phi) is 3.55. The van der Waals surface area contributed by atoms with E-state index in [-0.39, 0.29) is 11.7 Å². The minimum atomic E-state index is -0.871. The van der Waals surface area contributed by atoms with E-state index in [0.29, 0.717) is 5.69 Å². The molecule has 0 unspecified atom stereocenters. The van der Waals surface area contributed by atoms with Crippen LogP contribution < -0.4 is 5.32 Å². The van der Waals surface area contributed by atoms with Crippen molar-refractivity contribution in [3.63, 3.8) is 0 Å². The molecule has 0 fully saturated rings. The molecule has 88 valence electrons. The molecule has 0 aliphatic rings. The zero-order valence-corrected chi connectivity index (χ0v) is 10.00. The van der Waals surface area contributed by atoms with E-state index in [9.17, 15) is 9.90 Å². The lowest BCUT2D eigenvalue weighted by molar-refractivity contribution is -0.133. The van der Waals surface area contributed by atoms with Crippen molar-refractivity contribution in [3.8, 4) is 5.75 Å². The number of anilines is 1. The van der Waals surface area contributed by atoms with E-state index in [1.807, 2.05) is 6.92 Å². The van der Waals surface area contributed by atoms with Gasteiger partial charge in [0.25, 0.3) is 5.91 Å². The standard InChI is InChI=1S/C12H17NO3/c1-8-7-9(14)5-6-10(8)13-11(15)12(2,3)16-4/h5-7,14H,1-4H3,(H,13,15). The molecule has 0 bridgehead atoms. The number of carbonyl (C=O) groups excluding carboxylic acids is 1. The van der Waals surface area contributed by atoms with Crippen molar-refractivity contribution in [2.75, 3.05) is 12.4 Å². The Balaban J connectivity index is 2.85. The number of aryl methyl sites for hydroxylation is 1. The third-order valence-electron chi connectivity index (χ3n) is 2.52. The highest BCUT2D eigenvalue weighted by molar-refractivity contribution is 5.97. The van der Waals surface area contributed by atoms with Gasteiger partial charge in [-0.1, -0.05) is 0 Å². The molecule has 0 radical (unpaired) electrons. The third kappa shape index (κ3) is 2.73. The van der Waals surface area contributed by atoms with Gasteiger partial charge >= 0.3 is 0 Å². The van der Waals surface area contributed by atoms with Crippen LogP contribution in [0.2, 0.25) is 0 Å². The maximum atomic E-state index is 11.8. The summed E-state index contributed by atoms with van der Waals surface area (Å²) >= 11 is 0. The number of hydrogen-bond acceptors (Lipinski definition) is 3. The molecule has 1 rings (SSSR count). The minimum absolute atomic E-state index is 0.182. The zero-order chi connectivity index (χ0) is 12.3. The number of phenolic OH excluding ortho intramolecular Hbond substituents is 1. The molecule has 1 aromatic rings. The smallest absolute Gasteiger partial charge is 0.256 e. The molecule has 0 aliphatic carbocycles. The van der Waals surface area contributed by atoms with Crippen LogP contribution in [0, 0.1) is 6.92 Å². The summed E-state index contributed by atoms with van der Waals surface area (Å²) in [7, 11) is 1.49. The second kappa shape index (κ2) is 4.53. The summed E-state index contributed by atoms with van der Waals surface area (Å²) < 4.78 is 5.07. The van der Waals surface area contributed by atoms with E-state index >= 15 is 0 Å². The first-order chi connectivity index (χ1) is 7.36. The molecule has 1 aromatic carbocycles. The Bertz CT molecular complexity index is 399. The lowest BCUT2D eigenvalue weighted by atomic mass is 10.1. The van der Waals surface area contributed by atoms with Gasteiger partial charge in [0, 0.05) is 12.8 Å². The topological polar surface area (TPSA) is 58.6 Å². The van der Waals surface area contributed by atoms with Crippen molar-refractivity contribution >= 4 is 11.6 Å². The number of amides is 1. The van der Waals surface area contributed by atoms with E-state index in [2.05, 4.69) is 5.32 Å². The Labute approximate surface area is 95.2 Å². The highest BCUT2D eigenvalue weighted by atomic mass is 16.5. The molecular formula is C12H17NO3. The van der Waals surface area contributed by atoms with Gasteiger partial charge in [-0.15, -0.1) is 0 Å². The summed E-state index contributed by atoms with van der Waals surface area (Å²) in [6, 6.07) is 4.78. The molecule has 4 heteroatoms. The molecule has 0 heterocycles. The highest BCUT2D eigenvalue weighted by Gasteiger charge is 2.27. The monoisotopic (exact) mass is 223 g/mol. The fourth-order valence-electron chi connectivity index (χ4n) is 1.15. The fraction of sp³-hybridized carbons (Fsp3) is 0.417. The van der Waals surface area contributed by atoms with Crippen LogP contribution in [-0.2, 0) is 9.53 Å². The second-order valence-electron chi connectivity index (χ2n) is 4.17. The number of methoxy groups -OCH3 is 1. The largest absolute Gasteiger partial charge is 0.508 e. The Hall–Kier alpha value is -1.55. The van der Waals surface area contributed by atoms with Crippen LogP contribution >= 0.6 is 0 Å². The van der Waals surface area contributed by atoms with E-state index < -0.39 is 5.60 Å². The van der Waals surface area contributed by atoms with Crippen LogP contribution in [0.5, 0.6) is 5.75 Å². The van der Waals surface area contributed by atoms with Gasteiger partial charge in [-0.3, -0.25) is 4.79 Å². The van der Waals surface area contributed by atoms with Crippen LogP contribution in [0.3, 0.4) is 0 Å². The van der Waals surface area contributed by atoms with Crippen LogP contribution in [0.1, 0.15) is 19.4 Å². The molecule has 16 heavy (non-hydrogen) atoms. The normalized spacial score (nSPS) is 11.2. The quantitative estimate of drug-likeness (QED) is 0.771. The number of nitrogens with one attached hydrogen (secondary N) is 1. The van der Waals surface area contributed by atoms with Gasteiger partial charge in [0.1, 0.15) is 11.4 Å². The summed E-state index contributed by atoms with van der Waals surface area (Å²) in [6.07, 6.45) is 0. The van der Waals surface area contributed by atoms with Crippen molar-refractivity contribution < 1.29 is 14.6 Å². The molecular weight excluding hydrogens is 206 g/mol. The first-order valence-electron chi connectivity index (χ1n) is 5.03. The lowest BCUT2D eigenvalue weighted by Crippen LogP contribution is -2.38. The summed E-state index contributed by atoms with van der Waals surface area (Å²) in [6.45, 7) is 5.20. The molecule has 0 aliphatic heterocycles. The fourth-order valence-corrected chi connectivity index (χ4v) is 1.15. The number of ether oxygens (including phenoxy) is 1. The van der Waals surface area contributed by atoms with Gasteiger partial charge in [-0.25, -0.2) is 0 Å². The predicted molar refractivity (Wildman–Crippen MR) is 62.6 cm³/mol. The maximum Gasteiger partial charge on any atom is 0.256 e. The average molecular weight is 223 g/mol. The van der Waals surface area contributed by atoms with Crippen LogP contribution in [0.15, 0.2) is 18.2 Å². The van der Waals surface area contributed by atoms with Crippen molar-refractivity contribution in [2.45, 2.75) is 26.4 Å². The Morgan fingerprint density at radius 1 is 1.44 bits per heavy atom. The molecule has 2 N–H and O–H groups in total. The van der Waals surface area contributed by atoms with E-state index in [1.54, 1.807) is 26.0 Å². The van der Waals surface area contributed by atoms with E-state index in [4.69, 9.17) is 4.74 Å². The molecule has 0 saturated carbocycles. The molecule has 0 atom stereocenters. The van der Waals surface area contributed by atoms with E-state index in [1.165, 1.54) is 13.2 Å². The van der Waals surface area contributed by atoms with Crippen molar-refractivity contribution in [3.05, 3.63) is 23.8 Å². The average Bonchev–Trinajstić information content (AvgIpc) is 2.22. The maximum absolute atomic E-state index is 11.8. The van der Waals surface area contributed by atoms with Gasteiger partial charge in [-0.2, -0.15) is 0 Å². The first-order valence-corrected chi connectivity index (χ1v) is 5.03. The molecule has 0 saturated heterocycles. The first kappa shape index (κ1) is 12.5. The molecule has 1 amide bonds. The number of benzene rings is 1. The minimum Gasteiger partial charge on any atom is -0.508 e. The van der Waals surface area contributed by atoms with E-state index in [0.717, 1.165) is 5.56 Å². The number of carbonyl (C=O) groups is 1. The van der Waals surface area contributed by atoms with Gasteiger partial charge in [-0.05, 0) is 44.5 Å². The summed E-state index contributed by atoms with van der Waals surface area (Å²) in [5.74, 6) is -0.0368. The van der Waals surface area contributed by atoms with Gasteiger partial charge < -0.3 is 15.2 Å². The lowest BCUT2D eigenvalue weighted by Gasteiger charge is -2.22. The van der Waals surface area contributed by atoms with Gasteiger partial charge in [0.05, 0.1) is 0 Å². The number of aromatic hydroxyl groups is 1. The zero-order valence-electron chi connectivity index (χ0n) is 10.00. The van der Waals surface area contributed by atoms with Gasteiger partial charge in [0.2, 0.25) is 0 Å². The number of phenols is 1. The molecule has 4 nitrogen and oxygen atoms in total. The molecule has 0 aromatic heterocycles. The molecule has 0 spiro atoms. The third-order valence-corrected chi connectivity index (χ3v) is 2.52.